The van der Waals surface area contributed by atoms with Crippen molar-refractivity contribution in [3.8, 4) is 5.75 Å². The van der Waals surface area contributed by atoms with Gasteiger partial charge in [0.15, 0.2) is 23.1 Å². The number of amides is 1. The zero-order chi connectivity index (χ0) is 19.6. The lowest BCUT2D eigenvalue weighted by atomic mass is 10.1. The zero-order valence-corrected chi connectivity index (χ0v) is 16.5. The molecule has 0 aromatic heterocycles. The average Bonchev–Trinajstić information content (AvgIpc) is 3.33. The molecule has 1 aliphatic carbocycles. The Morgan fingerprint density at radius 1 is 1.04 bits per heavy atom. The molecule has 27 heavy (non-hydrogen) atoms. The minimum atomic E-state index is -3.08. The highest BCUT2D eigenvalue weighted by molar-refractivity contribution is 7.91. The Balaban J connectivity index is 1.49. The van der Waals surface area contributed by atoms with Gasteiger partial charge in [0.25, 0.3) is 5.91 Å². The number of carbonyl (C=O) groups excluding carboxylic acids is 2. The first-order chi connectivity index (χ1) is 12.7. The zero-order valence-electron chi connectivity index (χ0n) is 15.6. The molecule has 0 radical (unpaired) electrons. The molecule has 1 aromatic carbocycles. The molecular weight excluding hydrogens is 370 g/mol. The number of nitrogens with zero attached hydrogens (tertiary/aromatic N) is 1. The summed E-state index contributed by atoms with van der Waals surface area (Å²) in [5, 5.41) is 0. The standard InChI is InChI=1S/C19H25NO6S/c1-13-7-14(2)9-17(8-13)25-11-19(22)26-10-18(21)20(15-3-4-15)16-5-6-27(23,24)12-16/h7-9,15-16H,3-6,10-12H2,1-2H3/t16-/m1/s1. The summed E-state index contributed by atoms with van der Waals surface area (Å²) in [6.45, 7) is 3.21. The maximum absolute atomic E-state index is 12.5. The summed E-state index contributed by atoms with van der Waals surface area (Å²) < 4.78 is 33.9. The molecule has 2 fully saturated rings. The molecule has 0 bridgehead atoms. The van der Waals surface area contributed by atoms with E-state index in [1.54, 1.807) is 4.90 Å². The molecule has 1 aliphatic heterocycles. The third-order valence-electron chi connectivity index (χ3n) is 4.74. The lowest BCUT2D eigenvalue weighted by Gasteiger charge is -2.28. The van der Waals surface area contributed by atoms with Gasteiger partial charge in [-0.25, -0.2) is 13.2 Å². The second kappa shape index (κ2) is 7.88. The molecule has 1 saturated carbocycles. The van der Waals surface area contributed by atoms with Crippen molar-refractivity contribution in [2.24, 2.45) is 0 Å². The van der Waals surface area contributed by atoms with Crippen LogP contribution in [0, 0.1) is 13.8 Å². The summed E-state index contributed by atoms with van der Waals surface area (Å²) in [5.41, 5.74) is 2.06. The van der Waals surface area contributed by atoms with Gasteiger partial charge in [0.2, 0.25) is 0 Å². The van der Waals surface area contributed by atoms with Crippen LogP contribution in [-0.2, 0) is 24.2 Å². The van der Waals surface area contributed by atoms with E-state index >= 15 is 0 Å². The fourth-order valence-electron chi connectivity index (χ4n) is 3.47. The first kappa shape index (κ1) is 19.7. The van der Waals surface area contributed by atoms with Crippen LogP contribution in [0.2, 0.25) is 0 Å². The number of rotatable bonds is 7. The Kier molecular flexibility index (Phi) is 5.74. The van der Waals surface area contributed by atoms with Gasteiger partial charge in [0.1, 0.15) is 5.75 Å². The van der Waals surface area contributed by atoms with Gasteiger partial charge in [-0.2, -0.15) is 0 Å². The van der Waals surface area contributed by atoms with Crippen molar-refractivity contribution in [2.75, 3.05) is 24.7 Å². The van der Waals surface area contributed by atoms with Crippen LogP contribution < -0.4 is 4.74 Å². The molecule has 2 aliphatic rings. The van der Waals surface area contributed by atoms with Crippen LogP contribution in [0.1, 0.15) is 30.4 Å². The largest absolute Gasteiger partial charge is 0.482 e. The van der Waals surface area contributed by atoms with Crippen LogP contribution in [0.15, 0.2) is 18.2 Å². The van der Waals surface area contributed by atoms with Gasteiger partial charge in [-0.3, -0.25) is 4.79 Å². The number of hydrogen-bond acceptors (Lipinski definition) is 6. The Bertz CT molecular complexity index is 810. The monoisotopic (exact) mass is 395 g/mol. The molecule has 1 aromatic rings. The predicted molar refractivity (Wildman–Crippen MR) is 99.3 cm³/mol. The summed E-state index contributed by atoms with van der Waals surface area (Å²) >= 11 is 0. The van der Waals surface area contributed by atoms with Crippen LogP contribution in [0.3, 0.4) is 0 Å². The van der Waals surface area contributed by atoms with E-state index in [1.165, 1.54) is 0 Å². The van der Waals surface area contributed by atoms with E-state index in [2.05, 4.69) is 0 Å². The molecule has 1 amide bonds. The normalized spacial score (nSPS) is 20.9. The minimum Gasteiger partial charge on any atom is -0.482 e. The fraction of sp³-hybridized carbons (Fsp3) is 0.579. The second-order valence-corrected chi connectivity index (χ2v) is 9.59. The molecule has 1 atom stereocenters. The molecule has 0 unspecified atom stereocenters. The maximum Gasteiger partial charge on any atom is 0.344 e. The van der Waals surface area contributed by atoms with Crippen molar-refractivity contribution in [3.63, 3.8) is 0 Å². The first-order valence-corrected chi connectivity index (χ1v) is 10.9. The Hall–Kier alpha value is -2.09. The average molecular weight is 395 g/mol. The summed E-state index contributed by atoms with van der Waals surface area (Å²) in [4.78, 5) is 26.0. The molecule has 3 rings (SSSR count). The van der Waals surface area contributed by atoms with Crippen molar-refractivity contribution in [1.82, 2.24) is 4.90 Å². The van der Waals surface area contributed by atoms with Crippen LogP contribution >= 0.6 is 0 Å². The smallest absolute Gasteiger partial charge is 0.344 e. The minimum absolute atomic E-state index is 0.000985. The highest BCUT2D eigenvalue weighted by atomic mass is 32.2. The van der Waals surface area contributed by atoms with Gasteiger partial charge in [-0.05, 0) is 56.4 Å². The number of sulfone groups is 1. The van der Waals surface area contributed by atoms with Gasteiger partial charge in [-0.1, -0.05) is 6.07 Å². The van der Waals surface area contributed by atoms with Crippen molar-refractivity contribution >= 4 is 21.7 Å². The molecule has 1 saturated heterocycles. The van der Waals surface area contributed by atoms with Crippen LogP contribution in [-0.4, -0.2) is 62.0 Å². The van der Waals surface area contributed by atoms with Crippen LogP contribution in [0.4, 0.5) is 0 Å². The van der Waals surface area contributed by atoms with Gasteiger partial charge < -0.3 is 14.4 Å². The summed E-state index contributed by atoms with van der Waals surface area (Å²) in [7, 11) is -3.08. The van der Waals surface area contributed by atoms with E-state index in [9.17, 15) is 18.0 Å². The lowest BCUT2D eigenvalue weighted by molar-refractivity contribution is -0.154. The third kappa shape index (κ3) is 5.45. The van der Waals surface area contributed by atoms with E-state index in [0.717, 1.165) is 24.0 Å². The molecule has 148 valence electrons. The van der Waals surface area contributed by atoms with E-state index in [-0.39, 0.29) is 42.7 Å². The van der Waals surface area contributed by atoms with Gasteiger partial charge in [-0.15, -0.1) is 0 Å². The number of ether oxygens (including phenoxy) is 2. The van der Waals surface area contributed by atoms with Gasteiger partial charge >= 0.3 is 5.97 Å². The second-order valence-electron chi connectivity index (χ2n) is 7.36. The molecule has 7 nitrogen and oxygen atoms in total. The number of benzene rings is 1. The Morgan fingerprint density at radius 2 is 1.70 bits per heavy atom. The van der Waals surface area contributed by atoms with Crippen molar-refractivity contribution in [3.05, 3.63) is 29.3 Å². The first-order valence-electron chi connectivity index (χ1n) is 9.12. The van der Waals surface area contributed by atoms with Crippen molar-refractivity contribution in [2.45, 2.75) is 45.2 Å². The van der Waals surface area contributed by atoms with E-state index < -0.39 is 15.8 Å². The van der Waals surface area contributed by atoms with Crippen LogP contribution in [0.5, 0.6) is 5.75 Å². The molecule has 0 spiro atoms. The summed E-state index contributed by atoms with van der Waals surface area (Å²) in [6.07, 6.45) is 2.19. The molecular formula is C19H25NO6S. The molecule has 0 N–H and O–H groups in total. The van der Waals surface area contributed by atoms with Crippen LogP contribution in [0.25, 0.3) is 0 Å². The van der Waals surface area contributed by atoms with E-state index in [4.69, 9.17) is 9.47 Å². The number of aryl methyl sites for hydroxylation is 2. The molecule has 1 heterocycles. The predicted octanol–water partition coefficient (Wildman–Crippen LogP) is 1.40. The highest BCUT2D eigenvalue weighted by Gasteiger charge is 2.42. The van der Waals surface area contributed by atoms with Gasteiger partial charge in [0, 0.05) is 12.1 Å². The quantitative estimate of drug-likeness (QED) is 0.649. The maximum atomic E-state index is 12.5. The molecule has 8 heteroatoms. The highest BCUT2D eigenvalue weighted by Crippen LogP contribution is 2.32. The SMILES string of the molecule is Cc1cc(C)cc(OCC(=O)OCC(=O)N(C2CC2)[C@@H]2CCS(=O)(=O)C2)c1. The number of hydrogen-bond donors (Lipinski definition) is 0. The van der Waals surface area contributed by atoms with E-state index in [0.29, 0.717) is 12.2 Å². The third-order valence-corrected chi connectivity index (χ3v) is 6.49. The number of carbonyl (C=O) groups is 2. The van der Waals surface area contributed by atoms with Crippen molar-refractivity contribution < 1.29 is 27.5 Å². The summed E-state index contributed by atoms with van der Waals surface area (Å²) in [5.74, 6) is -0.278. The Morgan fingerprint density at radius 3 is 2.26 bits per heavy atom. The van der Waals surface area contributed by atoms with Crippen molar-refractivity contribution in [1.29, 1.82) is 0 Å². The van der Waals surface area contributed by atoms with Gasteiger partial charge in [0.05, 0.1) is 11.5 Å². The lowest BCUT2D eigenvalue weighted by Crippen LogP contribution is -2.45. The Labute approximate surface area is 159 Å². The van der Waals surface area contributed by atoms with E-state index in [1.807, 2.05) is 32.0 Å². The fourth-order valence-corrected chi connectivity index (χ4v) is 5.18. The topological polar surface area (TPSA) is 90.0 Å². The number of esters is 1. The summed E-state index contributed by atoms with van der Waals surface area (Å²) in [6, 6.07) is 5.41.